The van der Waals surface area contributed by atoms with Crippen molar-refractivity contribution in [2.45, 2.75) is 51.7 Å². The number of fused-ring (bicyclic) bond motifs is 1. The summed E-state index contributed by atoms with van der Waals surface area (Å²) in [7, 11) is 0. The lowest BCUT2D eigenvalue weighted by Gasteiger charge is -2.23. The van der Waals surface area contributed by atoms with Crippen LogP contribution in [0.5, 0.6) is 0 Å². The molecular weight excluding hydrogens is 420 g/mol. The topological polar surface area (TPSA) is 109 Å². The van der Waals surface area contributed by atoms with E-state index in [0.29, 0.717) is 18.0 Å². The Kier molecular flexibility index (Phi) is 6.03. The molecule has 0 bridgehead atoms. The van der Waals surface area contributed by atoms with Crippen LogP contribution in [-0.2, 0) is 22.6 Å². The summed E-state index contributed by atoms with van der Waals surface area (Å²) in [5.74, 6) is 0.798. The van der Waals surface area contributed by atoms with Gasteiger partial charge in [0, 0.05) is 43.6 Å². The van der Waals surface area contributed by atoms with Gasteiger partial charge in [0.05, 0.1) is 11.0 Å². The molecule has 1 atom stereocenters. The van der Waals surface area contributed by atoms with Gasteiger partial charge in [-0.2, -0.15) is 0 Å². The Labute approximate surface area is 192 Å². The van der Waals surface area contributed by atoms with E-state index in [1.807, 2.05) is 18.2 Å². The van der Waals surface area contributed by atoms with E-state index in [2.05, 4.69) is 20.9 Å². The second-order valence-corrected chi connectivity index (χ2v) is 9.36. The number of nitrogens with zero attached hydrogens (tertiary/aromatic N) is 2. The lowest BCUT2D eigenvalue weighted by molar-refractivity contribution is -0.140. The van der Waals surface area contributed by atoms with Crippen molar-refractivity contribution in [1.82, 2.24) is 19.9 Å². The van der Waals surface area contributed by atoms with Crippen LogP contribution in [0.4, 0.5) is 0 Å². The summed E-state index contributed by atoms with van der Waals surface area (Å²) in [5.41, 5.74) is 4.37. The largest absolute Gasteiger partial charge is 0.480 e. The molecule has 33 heavy (non-hydrogen) atoms. The highest BCUT2D eigenvalue weighted by Gasteiger charge is 2.35. The average molecular weight is 451 g/mol. The van der Waals surface area contributed by atoms with Crippen LogP contribution >= 0.6 is 0 Å². The number of hydrogen-bond acceptors (Lipinski definition) is 5. The SMILES string of the molecule is Cc1cc(-c2nc3cc(CNC(C(=O)O)C4CC4)ccc3n2CC2CCOCC2)c[nH]c1=O. The number of benzene rings is 1. The van der Waals surface area contributed by atoms with Gasteiger partial charge in [0.15, 0.2) is 0 Å². The molecular formula is C25H30N4O4. The summed E-state index contributed by atoms with van der Waals surface area (Å²) in [5, 5.41) is 12.7. The van der Waals surface area contributed by atoms with Gasteiger partial charge in [0.1, 0.15) is 11.9 Å². The molecule has 1 saturated carbocycles. The minimum Gasteiger partial charge on any atom is -0.480 e. The number of aliphatic carboxylic acids is 1. The Balaban J connectivity index is 1.48. The van der Waals surface area contributed by atoms with Crippen molar-refractivity contribution in [3.63, 3.8) is 0 Å². The van der Waals surface area contributed by atoms with E-state index in [1.54, 1.807) is 13.1 Å². The summed E-state index contributed by atoms with van der Waals surface area (Å²) in [6.07, 6.45) is 5.71. The quantitative estimate of drug-likeness (QED) is 0.487. The van der Waals surface area contributed by atoms with Crippen molar-refractivity contribution in [3.05, 3.63) is 51.9 Å². The van der Waals surface area contributed by atoms with Crippen LogP contribution in [0.25, 0.3) is 22.4 Å². The van der Waals surface area contributed by atoms with Gasteiger partial charge >= 0.3 is 5.97 Å². The molecule has 5 rings (SSSR count). The highest BCUT2D eigenvalue weighted by molar-refractivity contribution is 5.81. The Bertz CT molecular complexity index is 1220. The normalized spacial score (nSPS) is 18.0. The molecule has 174 valence electrons. The van der Waals surface area contributed by atoms with E-state index >= 15 is 0 Å². The van der Waals surface area contributed by atoms with Gasteiger partial charge in [-0.25, -0.2) is 4.98 Å². The van der Waals surface area contributed by atoms with Crippen LogP contribution in [-0.4, -0.2) is 44.9 Å². The van der Waals surface area contributed by atoms with Gasteiger partial charge in [0.25, 0.3) is 5.56 Å². The summed E-state index contributed by atoms with van der Waals surface area (Å²) in [6.45, 7) is 4.70. The highest BCUT2D eigenvalue weighted by Crippen LogP contribution is 2.33. The van der Waals surface area contributed by atoms with Crippen LogP contribution in [0.2, 0.25) is 0 Å². The fourth-order valence-corrected chi connectivity index (χ4v) is 4.72. The number of aryl methyl sites for hydroxylation is 1. The third kappa shape index (κ3) is 4.72. The zero-order valence-corrected chi connectivity index (χ0v) is 18.8. The van der Waals surface area contributed by atoms with Crippen LogP contribution < -0.4 is 10.9 Å². The van der Waals surface area contributed by atoms with E-state index in [4.69, 9.17) is 9.72 Å². The number of nitrogens with one attached hydrogen (secondary N) is 2. The Morgan fingerprint density at radius 3 is 2.76 bits per heavy atom. The Hall–Kier alpha value is -2.97. The number of imidazole rings is 1. The zero-order valence-electron chi connectivity index (χ0n) is 18.8. The predicted molar refractivity (Wildman–Crippen MR) is 125 cm³/mol. The number of ether oxygens (including phenoxy) is 1. The van der Waals surface area contributed by atoms with Gasteiger partial charge in [-0.15, -0.1) is 0 Å². The molecule has 1 unspecified atom stereocenters. The first-order valence-corrected chi connectivity index (χ1v) is 11.7. The van der Waals surface area contributed by atoms with Crippen LogP contribution in [0.3, 0.4) is 0 Å². The minimum atomic E-state index is -0.782. The lowest BCUT2D eigenvalue weighted by Crippen LogP contribution is -2.38. The van der Waals surface area contributed by atoms with Gasteiger partial charge in [-0.1, -0.05) is 6.07 Å². The van der Waals surface area contributed by atoms with Gasteiger partial charge < -0.3 is 24.7 Å². The first-order chi connectivity index (χ1) is 16.0. The van der Waals surface area contributed by atoms with Crippen molar-refractivity contribution in [2.24, 2.45) is 11.8 Å². The van der Waals surface area contributed by atoms with Crippen molar-refractivity contribution >= 4 is 17.0 Å². The fraction of sp³-hybridized carbons (Fsp3) is 0.480. The molecule has 0 spiro atoms. The first-order valence-electron chi connectivity index (χ1n) is 11.7. The number of aromatic amines is 1. The smallest absolute Gasteiger partial charge is 0.320 e. The molecule has 2 aromatic heterocycles. The summed E-state index contributed by atoms with van der Waals surface area (Å²) < 4.78 is 7.79. The molecule has 8 nitrogen and oxygen atoms in total. The third-order valence-corrected chi connectivity index (χ3v) is 6.83. The molecule has 3 N–H and O–H groups in total. The number of carbonyl (C=O) groups is 1. The minimum absolute atomic E-state index is 0.0946. The van der Waals surface area contributed by atoms with Crippen molar-refractivity contribution in [3.8, 4) is 11.4 Å². The zero-order chi connectivity index (χ0) is 22.9. The number of carboxylic acid groups (broad SMARTS) is 1. The summed E-state index contributed by atoms with van der Waals surface area (Å²) in [6, 6.07) is 7.55. The predicted octanol–water partition coefficient (Wildman–Crippen LogP) is 3.08. The van der Waals surface area contributed by atoms with E-state index in [1.165, 1.54) is 0 Å². The van der Waals surface area contributed by atoms with Gasteiger partial charge in [-0.05, 0) is 68.2 Å². The number of H-pyrrole nitrogens is 1. The van der Waals surface area contributed by atoms with E-state index in [0.717, 1.165) is 73.4 Å². The maximum atomic E-state index is 11.9. The monoisotopic (exact) mass is 450 g/mol. The molecule has 1 aliphatic carbocycles. The summed E-state index contributed by atoms with van der Waals surface area (Å²) >= 11 is 0. The van der Waals surface area contributed by atoms with Crippen molar-refractivity contribution in [1.29, 1.82) is 0 Å². The highest BCUT2D eigenvalue weighted by atomic mass is 16.5. The van der Waals surface area contributed by atoms with Gasteiger partial charge in [0.2, 0.25) is 0 Å². The Morgan fingerprint density at radius 1 is 1.27 bits per heavy atom. The second-order valence-electron chi connectivity index (χ2n) is 9.36. The number of aromatic nitrogens is 3. The standard InChI is InChI=1S/C25H30N4O4/c1-15-10-19(13-27-24(15)30)23-28-20-11-17(12-26-22(25(31)32)18-3-4-18)2-5-21(20)29(23)14-16-6-8-33-9-7-16/h2,5,10-11,13,16,18,22,26H,3-4,6-9,12,14H2,1H3,(H,27,30)(H,31,32). The molecule has 0 amide bonds. The number of rotatable bonds is 8. The summed E-state index contributed by atoms with van der Waals surface area (Å²) in [4.78, 5) is 31.2. The van der Waals surface area contributed by atoms with E-state index in [9.17, 15) is 14.7 Å². The molecule has 8 heteroatoms. The molecule has 1 aromatic carbocycles. The van der Waals surface area contributed by atoms with Crippen LogP contribution in [0.15, 0.2) is 35.3 Å². The van der Waals surface area contributed by atoms with E-state index in [-0.39, 0.29) is 11.5 Å². The van der Waals surface area contributed by atoms with Crippen LogP contribution in [0.1, 0.15) is 36.8 Å². The average Bonchev–Trinajstić information content (AvgIpc) is 3.58. The molecule has 3 aromatic rings. The number of pyridine rings is 1. The lowest BCUT2D eigenvalue weighted by atomic mass is 10.00. The molecule has 2 fully saturated rings. The maximum absolute atomic E-state index is 11.9. The van der Waals surface area contributed by atoms with Crippen LogP contribution in [0, 0.1) is 18.8 Å². The maximum Gasteiger partial charge on any atom is 0.320 e. The number of carboxylic acids is 1. The molecule has 0 radical (unpaired) electrons. The molecule has 3 heterocycles. The van der Waals surface area contributed by atoms with Crippen molar-refractivity contribution in [2.75, 3.05) is 13.2 Å². The Morgan fingerprint density at radius 2 is 2.06 bits per heavy atom. The first kappa shape index (κ1) is 21.9. The fourth-order valence-electron chi connectivity index (χ4n) is 4.72. The van der Waals surface area contributed by atoms with E-state index < -0.39 is 12.0 Å². The van der Waals surface area contributed by atoms with Gasteiger partial charge in [-0.3, -0.25) is 9.59 Å². The van der Waals surface area contributed by atoms with Crippen molar-refractivity contribution < 1.29 is 14.6 Å². The molecule has 1 aliphatic heterocycles. The molecule has 2 aliphatic rings. The number of hydrogen-bond donors (Lipinski definition) is 3. The second kappa shape index (κ2) is 9.11. The molecule has 1 saturated heterocycles. The third-order valence-electron chi connectivity index (χ3n) is 6.83.